The number of hydrogen-bond donors (Lipinski definition) is 2. The molecule has 6 heteroatoms. The van der Waals surface area contributed by atoms with Gasteiger partial charge in [0.15, 0.2) is 16.9 Å². The molecule has 0 aliphatic carbocycles. The lowest BCUT2D eigenvalue weighted by molar-refractivity contribution is 0.0523. The van der Waals surface area contributed by atoms with E-state index >= 15 is 0 Å². The average Bonchev–Trinajstić information content (AvgIpc) is 2.49. The number of pyridine rings is 1. The van der Waals surface area contributed by atoms with Gasteiger partial charge in [0.1, 0.15) is 5.56 Å². The van der Waals surface area contributed by atoms with Crippen LogP contribution in [-0.2, 0) is 11.2 Å². The van der Waals surface area contributed by atoms with E-state index in [9.17, 15) is 19.8 Å². The highest BCUT2D eigenvalue weighted by molar-refractivity contribution is 5.89. The molecule has 1 aliphatic rings. The minimum absolute atomic E-state index is 0.00443. The molecule has 2 aromatic rings. The van der Waals surface area contributed by atoms with E-state index in [-0.39, 0.29) is 29.7 Å². The summed E-state index contributed by atoms with van der Waals surface area (Å²) in [5, 5.41) is 19.4. The Morgan fingerprint density at radius 3 is 2.70 bits per heavy atom. The number of carbonyl (C=O) groups is 1. The van der Waals surface area contributed by atoms with Gasteiger partial charge in [-0.2, -0.15) is 0 Å². The molecule has 6 nitrogen and oxygen atoms in total. The maximum Gasteiger partial charge on any atom is 0.343 e. The number of nitrogens with zero attached hydrogens (tertiary/aromatic N) is 1. The van der Waals surface area contributed by atoms with Crippen molar-refractivity contribution in [3.05, 3.63) is 45.7 Å². The third-order valence-corrected chi connectivity index (χ3v) is 4.04. The molecule has 1 aromatic carbocycles. The second kappa shape index (κ2) is 5.46. The topological polar surface area (TPSA) is 88.8 Å². The number of carbonyl (C=O) groups excluding carboxylic acids is 1. The molecule has 23 heavy (non-hydrogen) atoms. The van der Waals surface area contributed by atoms with E-state index in [0.717, 1.165) is 5.56 Å². The summed E-state index contributed by atoms with van der Waals surface area (Å²) < 4.78 is 6.74. The lowest BCUT2D eigenvalue weighted by Gasteiger charge is -2.28. The molecule has 0 saturated heterocycles. The fourth-order valence-electron chi connectivity index (χ4n) is 2.94. The Kier molecular flexibility index (Phi) is 3.60. The smallest absolute Gasteiger partial charge is 0.343 e. The monoisotopic (exact) mass is 315 g/mol. The zero-order chi connectivity index (χ0) is 16.7. The highest BCUT2D eigenvalue weighted by Gasteiger charge is 2.25. The molecule has 0 spiro atoms. The quantitative estimate of drug-likeness (QED) is 0.655. The van der Waals surface area contributed by atoms with E-state index in [1.54, 1.807) is 6.92 Å². The third-order valence-electron chi connectivity index (χ3n) is 4.04. The highest BCUT2D eigenvalue weighted by Crippen LogP contribution is 2.39. The van der Waals surface area contributed by atoms with Gasteiger partial charge in [-0.15, -0.1) is 0 Å². The van der Waals surface area contributed by atoms with Crippen molar-refractivity contribution in [2.24, 2.45) is 0 Å². The molecule has 0 amide bonds. The van der Waals surface area contributed by atoms with Gasteiger partial charge < -0.3 is 19.5 Å². The Labute approximate surface area is 132 Å². The molecule has 0 radical (unpaired) electrons. The minimum Gasteiger partial charge on any atom is -0.504 e. The number of ether oxygens (including phenoxy) is 1. The molecule has 2 N–H and O–H groups in total. The molecule has 1 atom stereocenters. The van der Waals surface area contributed by atoms with E-state index in [4.69, 9.17) is 4.74 Å². The number of phenols is 2. The van der Waals surface area contributed by atoms with Crippen LogP contribution < -0.4 is 5.43 Å². The fourth-order valence-corrected chi connectivity index (χ4v) is 2.94. The number of fused-ring (bicyclic) bond motifs is 3. The van der Waals surface area contributed by atoms with Gasteiger partial charge in [-0.05, 0) is 38.0 Å². The first-order valence-electron chi connectivity index (χ1n) is 7.41. The summed E-state index contributed by atoms with van der Waals surface area (Å²) in [5.74, 6) is -1.07. The zero-order valence-electron chi connectivity index (χ0n) is 12.9. The number of aromatic nitrogens is 1. The summed E-state index contributed by atoms with van der Waals surface area (Å²) in [7, 11) is 0. The van der Waals surface area contributed by atoms with Crippen LogP contribution in [0.1, 0.15) is 35.8 Å². The predicted octanol–water partition coefficient (Wildman–Crippen LogP) is 2.22. The van der Waals surface area contributed by atoms with Crippen molar-refractivity contribution >= 4 is 5.97 Å². The minimum atomic E-state index is -0.639. The second-order valence-electron chi connectivity index (χ2n) is 5.62. The summed E-state index contributed by atoms with van der Waals surface area (Å²) in [6, 6.07) is 4.31. The van der Waals surface area contributed by atoms with E-state index in [1.807, 2.05) is 11.5 Å². The van der Waals surface area contributed by atoms with Crippen molar-refractivity contribution < 1.29 is 19.7 Å². The zero-order valence-corrected chi connectivity index (χ0v) is 12.9. The van der Waals surface area contributed by atoms with Gasteiger partial charge in [-0.1, -0.05) is 0 Å². The van der Waals surface area contributed by atoms with Gasteiger partial charge >= 0.3 is 5.97 Å². The van der Waals surface area contributed by atoms with Crippen molar-refractivity contribution in [3.8, 4) is 22.8 Å². The Hall–Kier alpha value is -2.76. The molecule has 2 heterocycles. The average molecular weight is 315 g/mol. The van der Waals surface area contributed by atoms with Crippen molar-refractivity contribution in [2.75, 3.05) is 6.61 Å². The molecule has 0 saturated carbocycles. The molecule has 0 bridgehead atoms. The van der Waals surface area contributed by atoms with Crippen molar-refractivity contribution in [1.82, 2.24) is 4.57 Å². The van der Waals surface area contributed by atoms with Gasteiger partial charge in [-0.3, -0.25) is 4.79 Å². The summed E-state index contributed by atoms with van der Waals surface area (Å²) in [4.78, 5) is 24.1. The highest BCUT2D eigenvalue weighted by atomic mass is 16.5. The SMILES string of the molecule is CCOC(=O)c1cn2c(cc1=O)-c1cc(O)c(O)cc1CC2C. The molecule has 3 rings (SSSR count). The number of aromatic hydroxyl groups is 2. The van der Waals surface area contributed by atoms with E-state index in [2.05, 4.69) is 0 Å². The molecule has 0 fully saturated rings. The van der Waals surface area contributed by atoms with Gasteiger partial charge in [0.05, 0.1) is 12.3 Å². The molecular formula is C17H17NO5. The van der Waals surface area contributed by atoms with Crippen LogP contribution in [0.5, 0.6) is 11.5 Å². The molecular weight excluding hydrogens is 298 g/mol. The molecule has 1 aliphatic heterocycles. The van der Waals surface area contributed by atoms with Crippen LogP contribution in [0.2, 0.25) is 0 Å². The maximum absolute atomic E-state index is 12.2. The molecule has 1 aromatic heterocycles. The van der Waals surface area contributed by atoms with E-state index in [0.29, 0.717) is 17.7 Å². The van der Waals surface area contributed by atoms with Crippen molar-refractivity contribution in [2.45, 2.75) is 26.3 Å². The lowest BCUT2D eigenvalue weighted by atomic mass is 9.92. The van der Waals surface area contributed by atoms with Gasteiger partial charge in [0, 0.05) is 23.9 Å². The van der Waals surface area contributed by atoms with E-state index < -0.39 is 11.4 Å². The van der Waals surface area contributed by atoms with E-state index in [1.165, 1.54) is 24.4 Å². The standard InChI is InChI=1S/C17H17NO5/c1-3-23-17(22)12-8-18-9(2)4-10-5-15(20)16(21)6-11(10)13(18)7-14(12)19/h5-9,20-21H,3-4H2,1-2H3. The Bertz CT molecular complexity index is 853. The van der Waals surface area contributed by atoms with Crippen molar-refractivity contribution in [1.29, 1.82) is 0 Å². The lowest BCUT2D eigenvalue weighted by Crippen LogP contribution is -2.25. The Morgan fingerprint density at radius 2 is 2.00 bits per heavy atom. The van der Waals surface area contributed by atoms with Crippen LogP contribution in [0, 0.1) is 0 Å². The number of phenolic OH excluding ortho intramolecular Hbond substituents is 2. The number of rotatable bonds is 2. The van der Waals surface area contributed by atoms with Gasteiger partial charge in [0.2, 0.25) is 0 Å². The van der Waals surface area contributed by atoms with Crippen LogP contribution in [0.4, 0.5) is 0 Å². The molecule has 120 valence electrons. The summed E-state index contributed by atoms with van der Waals surface area (Å²) in [6.07, 6.45) is 2.12. The molecule has 1 unspecified atom stereocenters. The van der Waals surface area contributed by atoms with Crippen LogP contribution in [0.15, 0.2) is 29.2 Å². The Morgan fingerprint density at radius 1 is 1.30 bits per heavy atom. The summed E-state index contributed by atoms with van der Waals surface area (Å²) >= 11 is 0. The predicted molar refractivity (Wildman–Crippen MR) is 83.8 cm³/mol. The summed E-state index contributed by atoms with van der Waals surface area (Å²) in [5.41, 5.74) is 1.69. The maximum atomic E-state index is 12.2. The van der Waals surface area contributed by atoms with Crippen LogP contribution in [0.3, 0.4) is 0 Å². The van der Waals surface area contributed by atoms with Gasteiger partial charge in [-0.25, -0.2) is 4.79 Å². The third kappa shape index (κ3) is 2.46. The van der Waals surface area contributed by atoms with Crippen LogP contribution in [-0.4, -0.2) is 27.4 Å². The number of esters is 1. The van der Waals surface area contributed by atoms with Gasteiger partial charge in [0.25, 0.3) is 0 Å². The normalized spacial score (nSPS) is 15.7. The first-order valence-corrected chi connectivity index (χ1v) is 7.41. The number of benzene rings is 1. The van der Waals surface area contributed by atoms with Crippen LogP contribution >= 0.6 is 0 Å². The van der Waals surface area contributed by atoms with Crippen LogP contribution in [0.25, 0.3) is 11.3 Å². The fraction of sp³-hybridized carbons (Fsp3) is 0.294. The first-order chi connectivity index (χ1) is 10.9. The number of hydrogen-bond acceptors (Lipinski definition) is 5. The first kappa shape index (κ1) is 15.1. The Balaban J connectivity index is 2.21. The second-order valence-corrected chi connectivity index (χ2v) is 5.62. The van der Waals surface area contributed by atoms with Crippen molar-refractivity contribution in [3.63, 3.8) is 0 Å². The summed E-state index contributed by atoms with van der Waals surface area (Å²) in [6.45, 7) is 3.84. The largest absolute Gasteiger partial charge is 0.504 e.